The lowest BCUT2D eigenvalue weighted by Gasteiger charge is -2.23. The van der Waals surface area contributed by atoms with E-state index in [0.29, 0.717) is 5.56 Å². The van der Waals surface area contributed by atoms with Crippen LogP contribution in [0.5, 0.6) is 0 Å². The monoisotopic (exact) mass is 278 g/mol. The number of carboxylic acid groups (broad SMARTS) is 1. The summed E-state index contributed by atoms with van der Waals surface area (Å²) in [5, 5.41) is 10.9. The third kappa shape index (κ3) is 4.91. The third-order valence-electron chi connectivity index (χ3n) is 3.06. The molecule has 0 aromatic heterocycles. The summed E-state index contributed by atoms with van der Waals surface area (Å²) in [6, 6.07) is 7.24. The van der Waals surface area contributed by atoms with Gasteiger partial charge in [0.2, 0.25) is 0 Å². The number of nitrogens with one attached hydrogen (secondary N) is 1. The topological polar surface area (TPSA) is 69.6 Å². The van der Waals surface area contributed by atoms with Gasteiger partial charge in [-0.25, -0.2) is 0 Å². The summed E-state index contributed by atoms with van der Waals surface area (Å²) in [6.07, 6.45) is 2.28. The van der Waals surface area contributed by atoms with Crippen molar-refractivity contribution < 1.29 is 14.7 Å². The maximum atomic E-state index is 11.7. The second-order valence-corrected chi connectivity index (χ2v) is 4.56. The Balaban J connectivity index is 2.67. The van der Waals surface area contributed by atoms with Gasteiger partial charge < -0.3 is 15.3 Å². The molecule has 5 nitrogen and oxygen atoms in total. The molecule has 2 N–H and O–H groups in total. The normalized spacial score (nSPS) is 10.1. The van der Waals surface area contributed by atoms with Gasteiger partial charge in [0.1, 0.15) is 6.54 Å². The van der Waals surface area contributed by atoms with E-state index >= 15 is 0 Å². The number of carbonyl (C=O) groups is 2. The second kappa shape index (κ2) is 8.19. The van der Waals surface area contributed by atoms with Gasteiger partial charge in [-0.1, -0.05) is 13.3 Å². The summed E-state index contributed by atoms with van der Waals surface area (Å²) in [6.45, 7) is 5.81. The van der Waals surface area contributed by atoms with Crippen molar-refractivity contribution in [1.82, 2.24) is 5.32 Å². The highest BCUT2D eigenvalue weighted by molar-refractivity contribution is 5.96. The zero-order valence-electron chi connectivity index (χ0n) is 12.1. The Labute approximate surface area is 119 Å². The van der Waals surface area contributed by atoms with Crippen LogP contribution < -0.4 is 10.2 Å². The molecular weight excluding hydrogens is 256 g/mol. The minimum Gasteiger partial charge on any atom is -0.480 e. The van der Waals surface area contributed by atoms with Gasteiger partial charge >= 0.3 is 5.97 Å². The zero-order valence-corrected chi connectivity index (χ0v) is 12.1. The third-order valence-corrected chi connectivity index (χ3v) is 3.06. The molecule has 1 aromatic carbocycles. The molecule has 0 aliphatic rings. The van der Waals surface area contributed by atoms with E-state index in [4.69, 9.17) is 5.11 Å². The molecule has 0 heterocycles. The smallest absolute Gasteiger partial charge is 0.322 e. The summed E-state index contributed by atoms with van der Waals surface area (Å²) in [7, 11) is 0. The Morgan fingerprint density at radius 1 is 1.20 bits per heavy atom. The Bertz CT molecular complexity index is 443. The number of rotatable bonds is 8. The van der Waals surface area contributed by atoms with E-state index in [1.165, 1.54) is 0 Å². The molecular formula is C15H22N2O3. The highest BCUT2D eigenvalue weighted by Gasteiger charge is 2.08. The molecule has 0 atom stereocenters. The molecule has 1 aromatic rings. The second-order valence-electron chi connectivity index (χ2n) is 4.56. The molecule has 1 amide bonds. The van der Waals surface area contributed by atoms with E-state index in [-0.39, 0.29) is 12.5 Å². The standard InChI is InChI=1S/C15H22N2O3/c1-3-5-10-17(4-2)13-8-6-12(7-9-13)15(20)16-11-14(18)19/h6-9H,3-5,10-11H2,1-2H3,(H,16,20)(H,18,19). The fourth-order valence-corrected chi connectivity index (χ4v) is 1.90. The largest absolute Gasteiger partial charge is 0.480 e. The van der Waals surface area contributed by atoms with Crippen LogP contribution in [0.25, 0.3) is 0 Å². The average molecular weight is 278 g/mol. The lowest BCUT2D eigenvalue weighted by atomic mass is 10.1. The van der Waals surface area contributed by atoms with Crippen molar-refractivity contribution in [3.63, 3.8) is 0 Å². The SMILES string of the molecule is CCCCN(CC)c1ccc(C(=O)NCC(=O)O)cc1. The van der Waals surface area contributed by atoms with Crippen LogP contribution in [0, 0.1) is 0 Å². The minimum atomic E-state index is -1.05. The molecule has 0 fully saturated rings. The van der Waals surface area contributed by atoms with Crippen molar-refractivity contribution in [3.8, 4) is 0 Å². The summed E-state index contributed by atoms with van der Waals surface area (Å²) in [4.78, 5) is 24.3. The number of hydrogen-bond donors (Lipinski definition) is 2. The van der Waals surface area contributed by atoms with Crippen LogP contribution in [0.4, 0.5) is 5.69 Å². The number of hydrogen-bond acceptors (Lipinski definition) is 3. The van der Waals surface area contributed by atoms with Crippen LogP contribution in [0.3, 0.4) is 0 Å². The van der Waals surface area contributed by atoms with Crippen molar-refractivity contribution in [1.29, 1.82) is 0 Å². The molecule has 20 heavy (non-hydrogen) atoms. The van der Waals surface area contributed by atoms with Crippen LogP contribution >= 0.6 is 0 Å². The Kier molecular flexibility index (Phi) is 6.56. The van der Waals surface area contributed by atoms with Crippen molar-refractivity contribution in [2.24, 2.45) is 0 Å². The van der Waals surface area contributed by atoms with Gasteiger partial charge in [-0.15, -0.1) is 0 Å². The van der Waals surface area contributed by atoms with Gasteiger partial charge in [0.05, 0.1) is 0 Å². The quantitative estimate of drug-likeness (QED) is 0.764. The lowest BCUT2D eigenvalue weighted by molar-refractivity contribution is -0.135. The predicted molar refractivity (Wildman–Crippen MR) is 79.2 cm³/mol. The molecule has 0 aliphatic heterocycles. The summed E-state index contributed by atoms with van der Waals surface area (Å²) in [5.41, 5.74) is 1.55. The van der Waals surface area contributed by atoms with Gasteiger partial charge in [0.25, 0.3) is 5.91 Å². The number of nitrogens with zero attached hydrogens (tertiary/aromatic N) is 1. The van der Waals surface area contributed by atoms with E-state index < -0.39 is 5.97 Å². The van der Waals surface area contributed by atoms with Crippen molar-refractivity contribution in [3.05, 3.63) is 29.8 Å². The maximum Gasteiger partial charge on any atom is 0.322 e. The van der Waals surface area contributed by atoms with Gasteiger partial charge in [0, 0.05) is 24.3 Å². The van der Waals surface area contributed by atoms with Crippen molar-refractivity contribution in [2.75, 3.05) is 24.5 Å². The first-order chi connectivity index (χ1) is 9.58. The van der Waals surface area contributed by atoms with E-state index in [2.05, 4.69) is 24.1 Å². The molecule has 0 saturated carbocycles. The molecule has 110 valence electrons. The van der Waals surface area contributed by atoms with Crippen LogP contribution in [-0.2, 0) is 4.79 Å². The van der Waals surface area contributed by atoms with Crippen LogP contribution in [0.2, 0.25) is 0 Å². The van der Waals surface area contributed by atoms with Crippen molar-refractivity contribution in [2.45, 2.75) is 26.7 Å². The summed E-state index contributed by atoms with van der Waals surface area (Å²) < 4.78 is 0. The predicted octanol–water partition coefficient (Wildman–Crippen LogP) is 2.13. The van der Waals surface area contributed by atoms with Gasteiger partial charge in [-0.05, 0) is 37.6 Å². The van der Waals surface area contributed by atoms with E-state index in [0.717, 1.165) is 31.6 Å². The summed E-state index contributed by atoms with van der Waals surface area (Å²) >= 11 is 0. The Hall–Kier alpha value is -2.04. The Morgan fingerprint density at radius 3 is 2.35 bits per heavy atom. The van der Waals surface area contributed by atoms with Crippen molar-refractivity contribution >= 4 is 17.6 Å². The number of aliphatic carboxylic acids is 1. The minimum absolute atomic E-state index is 0.363. The molecule has 0 saturated heterocycles. The number of carboxylic acids is 1. The van der Waals surface area contributed by atoms with Crippen LogP contribution in [-0.4, -0.2) is 36.6 Å². The molecule has 0 unspecified atom stereocenters. The Morgan fingerprint density at radius 2 is 1.85 bits per heavy atom. The van der Waals surface area contributed by atoms with Crippen LogP contribution in [0.15, 0.2) is 24.3 Å². The number of carbonyl (C=O) groups excluding carboxylic acids is 1. The fourth-order valence-electron chi connectivity index (χ4n) is 1.90. The van der Waals surface area contributed by atoms with Gasteiger partial charge in [-0.2, -0.15) is 0 Å². The number of anilines is 1. The molecule has 0 bridgehead atoms. The lowest BCUT2D eigenvalue weighted by Crippen LogP contribution is -2.29. The maximum absolute atomic E-state index is 11.7. The highest BCUT2D eigenvalue weighted by Crippen LogP contribution is 2.15. The first-order valence-electron chi connectivity index (χ1n) is 6.93. The zero-order chi connectivity index (χ0) is 15.0. The van der Waals surface area contributed by atoms with E-state index in [1.54, 1.807) is 12.1 Å². The molecule has 0 aliphatic carbocycles. The van der Waals surface area contributed by atoms with Crippen LogP contribution in [0.1, 0.15) is 37.0 Å². The van der Waals surface area contributed by atoms with E-state index in [9.17, 15) is 9.59 Å². The van der Waals surface area contributed by atoms with Gasteiger partial charge in [-0.3, -0.25) is 9.59 Å². The summed E-state index contributed by atoms with van der Waals surface area (Å²) in [5.74, 6) is -1.41. The average Bonchev–Trinajstić information content (AvgIpc) is 2.46. The van der Waals surface area contributed by atoms with Gasteiger partial charge in [0.15, 0.2) is 0 Å². The number of benzene rings is 1. The molecule has 1 rings (SSSR count). The van der Waals surface area contributed by atoms with E-state index in [1.807, 2.05) is 12.1 Å². The molecule has 0 spiro atoms. The first-order valence-corrected chi connectivity index (χ1v) is 6.93. The molecule has 5 heteroatoms. The highest BCUT2D eigenvalue weighted by atomic mass is 16.4. The number of unbranched alkanes of at least 4 members (excludes halogenated alkanes) is 1. The molecule has 0 radical (unpaired) electrons. The number of amides is 1. The fraction of sp³-hybridized carbons (Fsp3) is 0.467. The first kappa shape index (κ1) is 16.0.